The SMILES string of the molecule is CCS(N)(=O)=O.O=C(O)[C@H](O)[C@@H](O)C(=O)O. The van der Waals surface area contributed by atoms with Gasteiger partial charge in [-0.2, -0.15) is 0 Å². The van der Waals surface area contributed by atoms with Gasteiger partial charge < -0.3 is 20.4 Å². The number of aliphatic hydroxyl groups is 2. The molecular weight excluding hydrogens is 246 g/mol. The Bertz CT molecular complexity index is 318. The molecule has 0 aromatic heterocycles. The van der Waals surface area contributed by atoms with Gasteiger partial charge in [0.05, 0.1) is 5.75 Å². The maximum absolute atomic E-state index is 9.78. The molecule has 10 heteroatoms. The zero-order chi connectivity index (χ0) is 13.5. The lowest BCUT2D eigenvalue weighted by Gasteiger charge is -2.07. The first-order valence-electron chi connectivity index (χ1n) is 3.85. The van der Waals surface area contributed by atoms with Crippen molar-refractivity contribution < 1.29 is 38.4 Å². The Labute approximate surface area is 91.2 Å². The predicted octanol–water partition coefficient (Wildman–Crippen LogP) is -2.83. The number of nitrogens with two attached hydrogens (primary N) is 1. The van der Waals surface area contributed by atoms with Gasteiger partial charge in [-0.05, 0) is 6.92 Å². The van der Waals surface area contributed by atoms with Gasteiger partial charge in [-0.25, -0.2) is 23.1 Å². The molecule has 16 heavy (non-hydrogen) atoms. The molecule has 0 fully saturated rings. The Morgan fingerprint density at radius 2 is 1.31 bits per heavy atom. The molecule has 0 aromatic rings. The van der Waals surface area contributed by atoms with E-state index >= 15 is 0 Å². The van der Waals surface area contributed by atoms with E-state index in [2.05, 4.69) is 5.14 Å². The van der Waals surface area contributed by atoms with Crippen LogP contribution >= 0.6 is 0 Å². The van der Waals surface area contributed by atoms with E-state index in [1.165, 1.54) is 6.92 Å². The van der Waals surface area contributed by atoms with Gasteiger partial charge in [0, 0.05) is 0 Å². The average molecular weight is 259 g/mol. The molecule has 0 rings (SSSR count). The lowest BCUT2D eigenvalue weighted by Crippen LogP contribution is -2.39. The maximum Gasteiger partial charge on any atom is 0.335 e. The number of carbonyl (C=O) groups is 2. The second-order valence-corrected chi connectivity index (χ2v) is 4.42. The molecule has 9 nitrogen and oxygen atoms in total. The summed E-state index contributed by atoms with van der Waals surface area (Å²) in [5.74, 6) is -3.52. The van der Waals surface area contributed by atoms with E-state index in [4.69, 9.17) is 20.4 Å². The smallest absolute Gasteiger partial charge is 0.335 e. The Hall–Kier alpha value is -1.23. The molecule has 0 aromatic carbocycles. The highest BCUT2D eigenvalue weighted by Crippen LogP contribution is 1.92. The van der Waals surface area contributed by atoms with Crippen LogP contribution in [0.2, 0.25) is 0 Å². The number of rotatable bonds is 4. The molecule has 0 spiro atoms. The van der Waals surface area contributed by atoms with Crippen LogP contribution in [0.25, 0.3) is 0 Å². The van der Waals surface area contributed by atoms with Gasteiger partial charge in [0.2, 0.25) is 10.0 Å². The summed E-state index contributed by atoms with van der Waals surface area (Å²) >= 11 is 0. The van der Waals surface area contributed by atoms with Crippen LogP contribution in [0.5, 0.6) is 0 Å². The van der Waals surface area contributed by atoms with Crippen molar-refractivity contribution >= 4 is 22.0 Å². The molecule has 0 saturated heterocycles. The van der Waals surface area contributed by atoms with Crippen molar-refractivity contribution in [1.82, 2.24) is 0 Å². The minimum Gasteiger partial charge on any atom is -0.479 e. The summed E-state index contributed by atoms with van der Waals surface area (Å²) in [6.45, 7) is 1.50. The van der Waals surface area contributed by atoms with Crippen molar-refractivity contribution in [2.75, 3.05) is 5.75 Å². The third kappa shape index (κ3) is 9.33. The highest BCUT2D eigenvalue weighted by Gasteiger charge is 2.29. The molecule has 0 aliphatic carbocycles. The van der Waals surface area contributed by atoms with Crippen LogP contribution in [0.15, 0.2) is 0 Å². The second kappa shape index (κ2) is 7.11. The van der Waals surface area contributed by atoms with Gasteiger partial charge in [0.25, 0.3) is 0 Å². The van der Waals surface area contributed by atoms with E-state index in [1.807, 2.05) is 0 Å². The summed E-state index contributed by atoms with van der Waals surface area (Å²) in [5, 5.41) is 37.0. The number of hydrogen-bond acceptors (Lipinski definition) is 6. The zero-order valence-corrected chi connectivity index (χ0v) is 9.09. The number of aliphatic carboxylic acids is 2. The van der Waals surface area contributed by atoms with Crippen LogP contribution in [0.1, 0.15) is 6.92 Å². The Kier molecular flexibility index (Phi) is 7.63. The lowest BCUT2D eigenvalue weighted by molar-refractivity contribution is -0.165. The van der Waals surface area contributed by atoms with E-state index in [0.29, 0.717) is 0 Å². The molecule has 96 valence electrons. The number of sulfonamides is 1. The normalized spacial score (nSPS) is 14.2. The molecule has 2 atom stereocenters. The summed E-state index contributed by atoms with van der Waals surface area (Å²) < 4.78 is 19.6. The second-order valence-electron chi connectivity index (χ2n) is 2.52. The van der Waals surface area contributed by atoms with Crippen molar-refractivity contribution in [3.8, 4) is 0 Å². The third-order valence-corrected chi connectivity index (χ3v) is 2.01. The topological polar surface area (TPSA) is 175 Å². The number of hydrogen-bond donors (Lipinski definition) is 5. The summed E-state index contributed by atoms with van der Waals surface area (Å²) in [5.41, 5.74) is 0. The molecule has 0 heterocycles. The molecule has 0 amide bonds. The van der Waals surface area contributed by atoms with Crippen molar-refractivity contribution in [3.63, 3.8) is 0 Å². The van der Waals surface area contributed by atoms with Crippen molar-refractivity contribution in [2.45, 2.75) is 19.1 Å². The fourth-order valence-electron chi connectivity index (χ4n) is 0.270. The van der Waals surface area contributed by atoms with Gasteiger partial charge in [-0.15, -0.1) is 0 Å². The fraction of sp³-hybridized carbons (Fsp3) is 0.667. The van der Waals surface area contributed by atoms with Gasteiger partial charge >= 0.3 is 11.9 Å². The lowest BCUT2D eigenvalue weighted by atomic mass is 10.2. The first-order valence-corrected chi connectivity index (χ1v) is 5.56. The fourth-order valence-corrected chi connectivity index (χ4v) is 0.270. The maximum atomic E-state index is 9.78. The van der Waals surface area contributed by atoms with Crippen LogP contribution in [-0.2, 0) is 19.6 Å². The molecule has 0 aliphatic heterocycles. The van der Waals surface area contributed by atoms with Crippen molar-refractivity contribution in [1.29, 1.82) is 0 Å². The van der Waals surface area contributed by atoms with Crippen LogP contribution < -0.4 is 5.14 Å². The van der Waals surface area contributed by atoms with Crippen LogP contribution in [-0.4, -0.2) is 58.7 Å². The Morgan fingerprint density at radius 3 is 1.38 bits per heavy atom. The summed E-state index contributed by atoms with van der Waals surface area (Å²) in [4.78, 5) is 19.5. The highest BCUT2D eigenvalue weighted by molar-refractivity contribution is 7.89. The van der Waals surface area contributed by atoms with Crippen molar-refractivity contribution in [2.24, 2.45) is 5.14 Å². The quantitative estimate of drug-likeness (QED) is 0.359. The number of aliphatic hydroxyl groups excluding tert-OH is 2. The molecule has 0 radical (unpaired) electrons. The number of primary sulfonamides is 1. The third-order valence-electron chi connectivity index (χ3n) is 1.21. The molecule has 6 N–H and O–H groups in total. The molecule has 0 bridgehead atoms. The Balaban J connectivity index is 0. The largest absolute Gasteiger partial charge is 0.479 e. The summed E-state index contributed by atoms with van der Waals surface area (Å²) in [6, 6.07) is 0. The van der Waals surface area contributed by atoms with Gasteiger partial charge in [0.15, 0.2) is 12.2 Å². The predicted molar refractivity (Wildman–Crippen MR) is 50.9 cm³/mol. The highest BCUT2D eigenvalue weighted by atomic mass is 32.2. The first kappa shape index (κ1) is 17.2. The van der Waals surface area contributed by atoms with E-state index < -0.39 is 34.2 Å². The minimum absolute atomic E-state index is 0.0208. The van der Waals surface area contributed by atoms with Crippen molar-refractivity contribution in [3.05, 3.63) is 0 Å². The van der Waals surface area contributed by atoms with Crippen LogP contribution in [0.3, 0.4) is 0 Å². The first-order chi connectivity index (χ1) is 7.02. The molecule has 0 saturated carbocycles. The monoisotopic (exact) mass is 259 g/mol. The van der Waals surface area contributed by atoms with Crippen LogP contribution in [0, 0.1) is 0 Å². The standard InChI is InChI=1S/C4H6O6.C2H7NO2S/c5-1(3(7)8)2(6)4(9)10;1-2-6(3,4)5/h1-2,5-6H,(H,7,8)(H,9,10);2H2,1H3,(H2,3,4,5)/t1-,2-;/m1./s1. The zero-order valence-electron chi connectivity index (χ0n) is 8.27. The molecule has 0 aliphatic rings. The number of carboxylic acids is 2. The molecular formula is C6H13NO8S. The molecule has 0 unspecified atom stereocenters. The van der Waals surface area contributed by atoms with Gasteiger partial charge in [-0.3, -0.25) is 0 Å². The van der Waals surface area contributed by atoms with Gasteiger partial charge in [-0.1, -0.05) is 0 Å². The van der Waals surface area contributed by atoms with E-state index in [-0.39, 0.29) is 5.75 Å². The van der Waals surface area contributed by atoms with E-state index in [0.717, 1.165) is 0 Å². The van der Waals surface area contributed by atoms with E-state index in [9.17, 15) is 18.0 Å². The Morgan fingerprint density at radius 1 is 1.12 bits per heavy atom. The number of carboxylic acid groups (broad SMARTS) is 2. The summed E-state index contributed by atoms with van der Waals surface area (Å²) in [7, 11) is -3.16. The average Bonchev–Trinajstić information content (AvgIpc) is 2.15. The van der Waals surface area contributed by atoms with Gasteiger partial charge in [0.1, 0.15) is 0 Å². The van der Waals surface area contributed by atoms with E-state index in [1.54, 1.807) is 0 Å². The van der Waals surface area contributed by atoms with Crippen LogP contribution in [0.4, 0.5) is 0 Å². The minimum atomic E-state index is -3.16. The summed E-state index contributed by atoms with van der Waals surface area (Å²) in [6.07, 6.45) is -4.53.